The van der Waals surface area contributed by atoms with Gasteiger partial charge in [0.25, 0.3) is 0 Å². The third kappa shape index (κ3) is 4.83. The molecule has 0 bridgehead atoms. The van der Waals surface area contributed by atoms with Crippen LogP contribution in [0.1, 0.15) is 18.1 Å². The van der Waals surface area contributed by atoms with Crippen LogP contribution >= 0.6 is 18.2 Å². The number of hydrogen-bond acceptors (Lipinski definition) is 4. The molecule has 2 aromatic carbocycles. The summed E-state index contributed by atoms with van der Waals surface area (Å²) in [5.41, 5.74) is 2.10. The summed E-state index contributed by atoms with van der Waals surface area (Å²) in [6.07, 6.45) is 0. The predicted molar refractivity (Wildman–Crippen MR) is 89.4 cm³/mol. The molecule has 0 aliphatic rings. The summed E-state index contributed by atoms with van der Waals surface area (Å²) in [5.74, 6) is 1.77. The maximum Gasteiger partial charge on any atom is 0.492 e. The van der Waals surface area contributed by atoms with Gasteiger partial charge in [0, 0.05) is 5.75 Å². The molecule has 0 amide bonds. The molecule has 2 rings (SSSR count). The molecule has 3 nitrogen and oxygen atoms in total. The average molecular weight is 322 g/mol. The van der Waals surface area contributed by atoms with E-state index in [1.807, 2.05) is 57.2 Å². The standard InChI is InChI=1S/C16H19O3PS/c1-4-21-20(17,18-15-9-5-7-13(2)11-15)19-16-10-6-8-14(3)12-16/h5-12H,4H2,1-3H3. The summed E-state index contributed by atoms with van der Waals surface area (Å²) in [7, 11) is 0. The van der Waals surface area contributed by atoms with Gasteiger partial charge in [0.1, 0.15) is 11.5 Å². The lowest BCUT2D eigenvalue weighted by atomic mass is 10.2. The molecule has 21 heavy (non-hydrogen) atoms. The largest absolute Gasteiger partial charge is 0.492 e. The second kappa shape index (κ2) is 7.06. The number of aryl methyl sites for hydroxylation is 2. The van der Waals surface area contributed by atoms with Crippen LogP contribution in [0.25, 0.3) is 0 Å². The van der Waals surface area contributed by atoms with Crippen LogP contribution in [-0.4, -0.2) is 5.75 Å². The van der Waals surface area contributed by atoms with Crippen molar-refractivity contribution in [3.8, 4) is 11.5 Å². The summed E-state index contributed by atoms with van der Waals surface area (Å²) in [6.45, 7) is 2.57. The van der Waals surface area contributed by atoms with Crippen molar-refractivity contribution in [3.05, 3.63) is 59.7 Å². The molecule has 0 aliphatic carbocycles. The van der Waals surface area contributed by atoms with E-state index in [0.29, 0.717) is 17.3 Å². The van der Waals surface area contributed by atoms with Gasteiger partial charge in [0.05, 0.1) is 0 Å². The second-order valence-electron chi connectivity index (χ2n) is 4.68. The Labute approximate surface area is 130 Å². The van der Waals surface area contributed by atoms with E-state index in [1.54, 1.807) is 12.1 Å². The highest BCUT2D eigenvalue weighted by atomic mass is 32.7. The molecule has 0 radical (unpaired) electrons. The van der Waals surface area contributed by atoms with Gasteiger partial charge in [0.2, 0.25) is 0 Å². The van der Waals surface area contributed by atoms with E-state index >= 15 is 0 Å². The van der Waals surface area contributed by atoms with Gasteiger partial charge in [0.15, 0.2) is 0 Å². The molecule has 112 valence electrons. The molecule has 0 heterocycles. The molecular formula is C16H19O3PS. The predicted octanol–water partition coefficient (Wildman–Crippen LogP) is 5.62. The Morgan fingerprint density at radius 1 is 0.952 bits per heavy atom. The molecule has 0 atom stereocenters. The lowest BCUT2D eigenvalue weighted by molar-refractivity contribution is 0.408. The van der Waals surface area contributed by atoms with Crippen LogP contribution in [0.5, 0.6) is 11.5 Å². The quantitative estimate of drug-likeness (QED) is 0.646. The van der Waals surface area contributed by atoms with E-state index in [2.05, 4.69) is 0 Å². The highest BCUT2D eigenvalue weighted by molar-refractivity contribution is 8.55. The monoisotopic (exact) mass is 322 g/mol. The zero-order valence-electron chi connectivity index (χ0n) is 12.4. The molecular weight excluding hydrogens is 303 g/mol. The summed E-state index contributed by atoms with van der Waals surface area (Å²) in [5, 5.41) is 0. The number of rotatable bonds is 6. The maximum absolute atomic E-state index is 12.9. The van der Waals surface area contributed by atoms with Gasteiger partial charge in [-0.2, -0.15) is 0 Å². The minimum Gasteiger partial charge on any atom is -0.408 e. The first-order valence-electron chi connectivity index (χ1n) is 6.78. The van der Waals surface area contributed by atoms with Gasteiger partial charge in [-0.1, -0.05) is 31.2 Å². The van der Waals surface area contributed by atoms with Gasteiger partial charge >= 0.3 is 6.80 Å². The highest BCUT2D eigenvalue weighted by Gasteiger charge is 2.28. The van der Waals surface area contributed by atoms with Crippen molar-refractivity contribution in [1.82, 2.24) is 0 Å². The lowest BCUT2D eigenvalue weighted by Crippen LogP contribution is -1.98. The van der Waals surface area contributed by atoms with E-state index < -0.39 is 6.80 Å². The Hall–Kier alpha value is -1.38. The number of hydrogen-bond donors (Lipinski definition) is 0. The van der Waals surface area contributed by atoms with Crippen LogP contribution in [0, 0.1) is 13.8 Å². The van der Waals surface area contributed by atoms with Gasteiger partial charge < -0.3 is 9.05 Å². The fourth-order valence-electron chi connectivity index (χ4n) is 1.83. The Morgan fingerprint density at radius 2 is 1.43 bits per heavy atom. The van der Waals surface area contributed by atoms with E-state index in [-0.39, 0.29) is 0 Å². The van der Waals surface area contributed by atoms with Crippen molar-refractivity contribution in [1.29, 1.82) is 0 Å². The van der Waals surface area contributed by atoms with E-state index in [4.69, 9.17) is 9.05 Å². The zero-order valence-corrected chi connectivity index (χ0v) is 14.1. The lowest BCUT2D eigenvalue weighted by Gasteiger charge is -2.19. The summed E-state index contributed by atoms with van der Waals surface area (Å²) >= 11 is 1.19. The van der Waals surface area contributed by atoms with Gasteiger partial charge in [-0.25, -0.2) is 4.57 Å². The minimum absolute atomic E-state index is 0.562. The summed E-state index contributed by atoms with van der Waals surface area (Å²) in [6, 6.07) is 14.9. The normalized spacial score (nSPS) is 11.2. The molecule has 0 saturated heterocycles. The van der Waals surface area contributed by atoms with Gasteiger partial charge in [-0.05, 0) is 60.6 Å². The van der Waals surface area contributed by atoms with Crippen molar-refractivity contribution in [2.45, 2.75) is 20.8 Å². The van der Waals surface area contributed by atoms with Gasteiger partial charge in [-0.3, -0.25) is 0 Å². The molecule has 0 aromatic heterocycles. The first-order chi connectivity index (χ1) is 10.0. The molecule has 0 N–H and O–H groups in total. The van der Waals surface area contributed by atoms with Crippen molar-refractivity contribution in [2.24, 2.45) is 0 Å². The van der Waals surface area contributed by atoms with Crippen LogP contribution in [0.15, 0.2) is 48.5 Å². The van der Waals surface area contributed by atoms with E-state index in [1.165, 1.54) is 11.4 Å². The first kappa shape index (κ1) is 16.0. The molecule has 0 spiro atoms. The van der Waals surface area contributed by atoms with E-state index in [0.717, 1.165) is 11.1 Å². The van der Waals surface area contributed by atoms with Crippen molar-refractivity contribution < 1.29 is 13.6 Å². The molecule has 0 unspecified atom stereocenters. The van der Waals surface area contributed by atoms with Crippen molar-refractivity contribution in [2.75, 3.05) is 5.75 Å². The fourth-order valence-corrected chi connectivity index (χ4v) is 4.82. The summed E-state index contributed by atoms with van der Waals surface area (Å²) < 4.78 is 24.2. The molecule has 0 fully saturated rings. The Balaban J connectivity index is 2.21. The van der Waals surface area contributed by atoms with E-state index in [9.17, 15) is 4.57 Å². The smallest absolute Gasteiger partial charge is 0.408 e. The minimum atomic E-state index is -3.29. The van der Waals surface area contributed by atoms with Crippen LogP contribution in [-0.2, 0) is 4.57 Å². The third-order valence-electron chi connectivity index (χ3n) is 2.70. The maximum atomic E-state index is 12.9. The van der Waals surface area contributed by atoms with Crippen molar-refractivity contribution >= 4 is 18.2 Å². The molecule has 2 aromatic rings. The molecule has 5 heteroatoms. The topological polar surface area (TPSA) is 35.5 Å². The van der Waals surface area contributed by atoms with Crippen molar-refractivity contribution in [3.63, 3.8) is 0 Å². The Morgan fingerprint density at radius 3 is 1.81 bits per heavy atom. The summed E-state index contributed by atoms with van der Waals surface area (Å²) in [4.78, 5) is 0. The third-order valence-corrected chi connectivity index (χ3v) is 6.31. The number of benzene rings is 2. The van der Waals surface area contributed by atoms with Crippen LogP contribution in [0.2, 0.25) is 0 Å². The van der Waals surface area contributed by atoms with Gasteiger partial charge in [-0.15, -0.1) is 0 Å². The average Bonchev–Trinajstić information content (AvgIpc) is 2.38. The SMILES string of the molecule is CCSP(=O)(Oc1cccc(C)c1)Oc1cccc(C)c1. The molecule has 0 saturated carbocycles. The fraction of sp³-hybridized carbons (Fsp3) is 0.250. The van der Waals surface area contributed by atoms with Crippen LogP contribution in [0.4, 0.5) is 0 Å². The Bertz CT molecular complexity index is 606. The molecule has 0 aliphatic heterocycles. The van der Waals surface area contributed by atoms with Crippen LogP contribution in [0.3, 0.4) is 0 Å². The Kier molecular flexibility index (Phi) is 5.38. The first-order valence-corrected chi connectivity index (χ1v) is 9.91. The second-order valence-corrected chi connectivity index (χ2v) is 8.89. The van der Waals surface area contributed by atoms with Crippen LogP contribution < -0.4 is 9.05 Å². The zero-order chi connectivity index (χ0) is 15.3. The highest BCUT2D eigenvalue weighted by Crippen LogP contribution is 2.59.